The lowest BCUT2D eigenvalue weighted by molar-refractivity contribution is 0.0132. The minimum absolute atomic E-state index is 0.0862. The van der Waals surface area contributed by atoms with Crippen molar-refractivity contribution in [3.05, 3.63) is 0 Å². The lowest BCUT2D eigenvalue weighted by Gasteiger charge is -2.30. The molecule has 86 valence electrons. The molecule has 0 aromatic heterocycles. The Hall–Kier alpha value is -0.120. The van der Waals surface area contributed by atoms with Gasteiger partial charge in [0.1, 0.15) is 0 Å². The Morgan fingerprint density at radius 2 is 1.86 bits per heavy atom. The monoisotopic (exact) mass is 203 g/mol. The van der Waals surface area contributed by atoms with Crippen LogP contribution in [0.15, 0.2) is 0 Å². The minimum atomic E-state index is -0.149. The Balaban J connectivity index is 3.83. The number of rotatable bonds is 7. The normalized spacial score (nSPS) is 16.7. The highest BCUT2D eigenvalue weighted by molar-refractivity contribution is 4.81. The second-order valence-corrected chi connectivity index (χ2v) is 4.71. The van der Waals surface area contributed by atoms with Gasteiger partial charge in [-0.1, -0.05) is 6.92 Å². The van der Waals surface area contributed by atoms with Crippen LogP contribution in [0.2, 0.25) is 0 Å². The molecular weight excluding hydrogens is 178 g/mol. The van der Waals surface area contributed by atoms with E-state index >= 15 is 0 Å². The van der Waals surface area contributed by atoms with Gasteiger partial charge in [0.15, 0.2) is 0 Å². The molecule has 0 saturated carbocycles. The first-order valence-electron chi connectivity index (χ1n) is 5.30. The maximum Gasteiger partial charge on any atom is 0.0634 e. The summed E-state index contributed by atoms with van der Waals surface area (Å²) in [5.41, 5.74) is -0.235. The Bertz CT molecular complexity index is 153. The molecule has 0 amide bonds. The first-order chi connectivity index (χ1) is 6.39. The van der Waals surface area contributed by atoms with E-state index in [1.165, 1.54) is 0 Å². The SMILES string of the molecule is CCC(C)(CO)NCCC(C)(C)OC. The molecule has 3 nitrogen and oxygen atoms in total. The first kappa shape index (κ1) is 13.9. The Morgan fingerprint density at radius 3 is 2.21 bits per heavy atom. The molecule has 0 aliphatic heterocycles. The third-order valence-corrected chi connectivity index (χ3v) is 2.96. The van der Waals surface area contributed by atoms with Crippen LogP contribution in [0.4, 0.5) is 0 Å². The zero-order chi connectivity index (χ0) is 11.2. The predicted molar refractivity (Wildman–Crippen MR) is 59.5 cm³/mol. The molecular formula is C11H25NO2. The summed E-state index contributed by atoms with van der Waals surface area (Å²) in [5, 5.41) is 12.5. The predicted octanol–water partition coefficient (Wildman–Crippen LogP) is 1.55. The second kappa shape index (κ2) is 5.69. The number of ether oxygens (including phenoxy) is 1. The fourth-order valence-corrected chi connectivity index (χ4v) is 1.06. The van der Waals surface area contributed by atoms with E-state index < -0.39 is 0 Å². The summed E-state index contributed by atoms with van der Waals surface area (Å²) in [6, 6.07) is 0. The molecule has 0 bridgehead atoms. The average molecular weight is 203 g/mol. The largest absolute Gasteiger partial charge is 0.394 e. The standard InChI is InChI=1S/C11H25NO2/c1-6-11(4,9-13)12-8-7-10(2,3)14-5/h12-13H,6-9H2,1-5H3. The zero-order valence-corrected chi connectivity index (χ0v) is 10.2. The van der Waals surface area contributed by atoms with Crippen molar-refractivity contribution in [2.24, 2.45) is 0 Å². The molecule has 3 heteroatoms. The van der Waals surface area contributed by atoms with Gasteiger partial charge in [0.25, 0.3) is 0 Å². The molecule has 0 aliphatic rings. The highest BCUT2D eigenvalue weighted by Crippen LogP contribution is 2.13. The lowest BCUT2D eigenvalue weighted by atomic mass is 9.98. The van der Waals surface area contributed by atoms with Crippen LogP contribution in [-0.2, 0) is 4.74 Å². The fourth-order valence-electron chi connectivity index (χ4n) is 1.06. The van der Waals surface area contributed by atoms with Crippen molar-refractivity contribution in [3.8, 4) is 0 Å². The lowest BCUT2D eigenvalue weighted by Crippen LogP contribution is -2.46. The van der Waals surface area contributed by atoms with Gasteiger partial charge < -0.3 is 15.2 Å². The first-order valence-corrected chi connectivity index (χ1v) is 5.30. The van der Waals surface area contributed by atoms with Crippen molar-refractivity contribution in [1.29, 1.82) is 0 Å². The van der Waals surface area contributed by atoms with Gasteiger partial charge in [-0.15, -0.1) is 0 Å². The van der Waals surface area contributed by atoms with Crippen molar-refractivity contribution >= 4 is 0 Å². The van der Waals surface area contributed by atoms with Gasteiger partial charge in [-0.25, -0.2) is 0 Å². The van der Waals surface area contributed by atoms with Crippen LogP contribution in [0.5, 0.6) is 0 Å². The number of aliphatic hydroxyl groups is 1. The Morgan fingerprint density at radius 1 is 1.29 bits per heavy atom. The summed E-state index contributed by atoms with van der Waals surface area (Å²) in [6.07, 6.45) is 1.87. The van der Waals surface area contributed by atoms with Crippen molar-refractivity contribution in [3.63, 3.8) is 0 Å². The van der Waals surface area contributed by atoms with Crippen LogP contribution in [0.25, 0.3) is 0 Å². The topological polar surface area (TPSA) is 41.5 Å². The van der Waals surface area contributed by atoms with Crippen LogP contribution in [0.3, 0.4) is 0 Å². The van der Waals surface area contributed by atoms with E-state index in [1.807, 2.05) is 6.92 Å². The van der Waals surface area contributed by atoms with E-state index in [1.54, 1.807) is 7.11 Å². The fraction of sp³-hybridized carbons (Fsp3) is 1.00. The summed E-state index contributed by atoms with van der Waals surface area (Å²) in [4.78, 5) is 0. The summed E-state index contributed by atoms with van der Waals surface area (Å²) in [6.45, 7) is 9.29. The summed E-state index contributed by atoms with van der Waals surface area (Å²) in [5.74, 6) is 0. The molecule has 0 fully saturated rings. The number of aliphatic hydroxyl groups excluding tert-OH is 1. The number of methoxy groups -OCH3 is 1. The van der Waals surface area contributed by atoms with Crippen LogP contribution in [-0.4, -0.2) is 36.5 Å². The Labute approximate surface area is 87.8 Å². The van der Waals surface area contributed by atoms with Gasteiger partial charge in [-0.05, 0) is 40.2 Å². The summed E-state index contributed by atoms with van der Waals surface area (Å²) >= 11 is 0. The van der Waals surface area contributed by atoms with Crippen molar-refractivity contribution in [2.45, 2.75) is 51.7 Å². The molecule has 0 radical (unpaired) electrons. The highest BCUT2D eigenvalue weighted by Gasteiger charge is 2.22. The van der Waals surface area contributed by atoms with Crippen LogP contribution in [0, 0.1) is 0 Å². The number of hydrogen-bond acceptors (Lipinski definition) is 3. The molecule has 0 aromatic rings. The second-order valence-electron chi connectivity index (χ2n) is 4.71. The van der Waals surface area contributed by atoms with E-state index in [0.717, 1.165) is 19.4 Å². The highest BCUT2D eigenvalue weighted by atomic mass is 16.5. The molecule has 0 heterocycles. The quantitative estimate of drug-likeness (QED) is 0.659. The molecule has 0 rings (SSSR count). The van der Waals surface area contributed by atoms with Crippen molar-refractivity contribution in [1.82, 2.24) is 5.32 Å². The van der Waals surface area contributed by atoms with E-state index in [-0.39, 0.29) is 17.7 Å². The average Bonchev–Trinajstić information content (AvgIpc) is 2.17. The van der Waals surface area contributed by atoms with E-state index in [2.05, 4.69) is 26.1 Å². The van der Waals surface area contributed by atoms with Gasteiger partial charge in [0.05, 0.1) is 12.2 Å². The summed E-state index contributed by atoms with van der Waals surface area (Å²) in [7, 11) is 1.73. The van der Waals surface area contributed by atoms with Crippen LogP contribution in [0.1, 0.15) is 40.5 Å². The number of hydrogen-bond donors (Lipinski definition) is 2. The molecule has 2 N–H and O–H groups in total. The maximum absolute atomic E-state index is 9.18. The summed E-state index contributed by atoms with van der Waals surface area (Å²) < 4.78 is 5.32. The van der Waals surface area contributed by atoms with Gasteiger partial charge in [0.2, 0.25) is 0 Å². The third-order valence-electron chi connectivity index (χ3n) is 2.96. The van der Waals surface area contributed by atoms with E-state index in [0.29, 0.717) is 0 Å². The molecule has 1 unspecified atom stereocenters. The smallest absolute Gasteiger partial charge is 0.0634 e. The van der Waals surface area contributed by atoms with Crippen LogP contribution >= 0.6 is 0 Å². The van der Waals surface area contributed by atoms with Crippen LogP contribution < -0.4 is 5.32 Å². The van der Waals surface area contributed by atoms with Gasteiger partial charge in [0, 0.05) is 12.6 Å². The van der Waals surface area contributed by atoms with Gasteiger partial charge >= 0.3 is 0 Å². The maximum atomic E-state index is 9.18. The zero-order valence-electron chi connectivity index (χ0n) is 10.2. The van der Waals surface area contributed by atoms with Crippen molar-refractivity contribution < 1.29 is 9.84 Å². The van der Waals surface area contributed by atoms with Gasteiger partial charge in [-0.2, -0.15) is 0 Å². The molecule has 0 spiro atoms. The molecule has 0 aliphatic carbocycles. The molecule has 0 saturated heterocycles. The molecule has 14 heavy (non-hydrogen) atoms. The molecule has 1 atom stereocenters. The van der Waals surface area contributed by atoms with E-state index in [4.69, 9.17) is 4.74 Å². The third kappa shape index (κ3) is 4.94. The minimum Gasteiger partial charge on any atom is -0.394 e. The van der Waals surface area contributed by atoms with E-state index in [9.17, 15) is 5.11 Å². The number of nitrogens with one attached hydrogen (secondary N) is 1. The van der Waals surface area contributed by atoms with Gasteiger partial charge in [-0.3, -0.25) is 0 Å². The molecule has 0 aromatic carbocycles. The Kier molecular flexibility index (Phi) is 5.64. The van der Waals surface area contributed by atoms with Crippen molar-refractivity contribution in [2.75, 3.05) is 20.3 Å².